The smallest absolute Gasteiger partial charge is 0.320 e. The average molecular weight is 544 g/mol. The van der Waals surface area contributed by atoms with Gasteiger partial charge in [-0.15, -0.1) is 0 Å². The third-order valence-corrected chi connectivity index (χ3v) is 10.4. The summed E-state index contributed by atoms with van der Waals surface area (Å²) >= 11 is 0. The van der Waals surface area contributed by atoms with E-state index < -0.39 is 11.9 Å². The Kier molecular flexibility index (Phi) is 6.25. The second-order valence-electron chi connectivity index (χ2n) is 12.5. The van der Waals surface area contributed by atoms with Crippen LogP contribution in [0.2, 0.25) is 0 Å². The van der Waals surface area contributed by atoms with Crippen LogP contribution in [0.15, 0.2) is 47.3 Å². The number of para-hydroxylation sites is 1. The van der Waals surface area contributed by atoms with E-state index in [1.807, 2.05) is 24.3 Å². The van der Waals surface area contributed by atoms with E-state index in [1.165, 1.54) is 28.4 Å². The van der Waals surface area contributed by atoms with Gasteiger partial charge in [0.1, 0.15) is 6.04 Å². The first-order valence-corrected chi connectivity index (χ1v) is 14.2. The number of hydrogen-bond acceptors (Lipinski definition) is 5. The molecule has 210 valence electrons. The number of hydrogen-bond donors (Lipinski definition) is 3. The van der Waals surface area contributed by atoms with Crippen molar-refractivity contribution in [1.82, 2.24) is 19.8 Å². The predicted molar refractivity (Wildman–Crippen MR) is 153 cm³/mol. The molecule has 0 radical (unpaired) electrons. The van der Waals surface area contributed by atoms with Crippen molar-refractivity contribution in [3.05, 3.63) is 64.1 Å². The van der Waals surface area contributed by atoms with Crippen LogP contribution in [0.1, 0.15) is 74.8 Å². The Hall–Kier alpha value is -3.72. The molecule has 2 aromatic carbocycles. The summed E-state index contributed by atoms with van der Waals surface area (Å²) in [5.74, 6) is -0.331. The quantitative estimate of drug-likeness (QED) is 0.409. The number of carbonyl (C=O) groups is 3. The molecule has 2 bridgehead atoms. The number of rotatable bonds is 6. The van der Waals surface area contributed by atoms with E-state index in [4.69, 9.17) is 0 Å². The molecule has 1 unspecified atom stereocenters. The van der Waals surface area contributed by atoms with Gasteiger partial charge in [0.15, 0.2) is 0 Å². The largest absolute Gasteiger partial charge is 0.329 e. The molecular formula is C31H37N5O4. The lowest BCUT2D eigenvalue weighted by Gasteiger charge is -2.39. The summed E-state index contributed by atoms with van der Waals surface area (Å²) in [7, 11) is 1.61. The van der Waals surface area contributed by atoms with Crippen LogP contribution in [0, 0.1) is 16.7 Å². The Balaban J connectivity index is 1.17. The number of imidazole rings is 1. The molecule has 2 aliphatic carbocycles. The normalized spacial score (nSPS) is 27.2. The number of benzene rings is 2. The highest BCUT2D eigenvalue weighted by Crippen LogP contribution is 2.65. The minimum absolute atomic E-state index is 0.166. The molecule has 1 aromatic heterocycles. The summed E-state index contributed by atoms with van der Waals surface area (Å²) < 4.78 is 2.84. The van der Waals surface area contributed by atoms with Crippen LogP contribution in [0.4, 0.5) is 5.69 Å². The Labute approximate surface area is 233 Å². The minimum atomic E-state index is -0.783. The zero-order chi connectivity index (χ0) is 28.4. The van der Waals surface area contributed by atoms with Crippen LogP contribution in [0.5, 0.6) is 0 Å². The number of amides is 3. The second-order valence-corrected chi connectivity index (χ2v) is 12.5. The first kappa shape index (κ1) is 26.5. The number of piperidine rings is 1. The summed E-state index contributed by atoms with van der Waals surface area (Å²) in [5.41, 5.74) is 3.47. The van der Waals surface area contributed by atoms with Gasteiger partial charge >= 0.3 is 5.69 Å². The number of nitrogens with one attached hydrogen (secondary N) is 3. The van der Waals surface area contributed by atoms with Crippen molar-refractivity contribution < 1.29 is 14.4 Å². The maximum Gasteiger partial charge on any atom is 0.329 e. The van der Waals surface area contributed by atoms with Gasteiger partial charge in [-0.25, -0.2) is 4.79 Å². The first-order chi connectivity index (χ1) is 19.0. The zero-order valence-corrected chi connectivity index (χ0v) is 23.5. The van der Waals surface area contributed by atoms with Crippen molar-refractivity contribution in [2.75, 3.05) is 5.32 Å². The maximum absolute atomic E-state index is 13.2. The molecule has 9 heteroatoms. The molecular weight excluding hydrogens is 506 g/mol. The zero-order valence-electron chi connectivity index (χ0n) is 23.5. The summed E-state index contributed by atoms with van der Waals surface area (Å²) in [6, 6.07) is 12.6. The van der Waals surface area contributed by atoms with E-state index >= 15 is 0 Å². The third kappa shape index (κ3) is 4.01. The van der Waals surface area contributed by atoms with E-state index in [0.717, 1.165) is 18.0 Å². The number of carbonyl (C=O) groups excluding carboxylic acids is 3. The highest BCUT2D eigenvalue weighted by atomic mass is 16.2. The predicted octanol–water partition coefficient (Wildman–Crippen LogP) is 3.87. The standard InChI is InChI=1S/C31H37N5O4/c1-30(2)20-14-15-31(30,3)24(16-20)32-17-18-8-10-19(11-9-18)27(38)33-21-6-5-7-22-26(21)35(4)29(40)36(22)23-12-13-25(37)34-28(23)39/h5-11,20,23-24,32H,12-17H2,1-4H3,(H,33,38)(H,34,37,39)/t20-,23?,24+,31+/m1/s1. The molecule has 4 atom stereocenters. The summed E-state index contributed by atoms with van der Waals surface area (Å²) in [6.07, 6.45) is 4.24. The molecule has 40 heavy (non-hydrogen) atoms. The number of anilines is 1. The molecule has 1 aliphatic heterocycles. The third-order valence-electron chi connectivity index (χ3n) is 10.4. The minimum Gasteiger partial charge on any atom is -0.320 e. The molecule has 3 aromatic rings. The van der Waals surface area contributed by atoms with Crippen LogP contribution in [0.3, 0.4) is 0 Å². The monoisotopic (exact) mass is 543 g/mol. The topological polar surface area (TPSA) is 114 Å². The molecule has 9 nitrogen and oxygen atoms in total. The van der Waals surface area contributed by atoms with Gasteiger partial charge in [-0.2, -0.15) is 0 Å². The number of fused-ring (bicyclic) bond motifs is 3. The number of nitrogens with zero attached hydrogens (tertiary/aromatic N) is 2. The fourth-order valence-corrected chi connectivity index (χ4v) is 7.49. The molecule has 2 saturated carbocycles. The van der Waals surface area contributed by atoms with Crippen molar-refractivity contribution in [2.45, 2.75) is 71.5 Å². The van der Waals surface area contributed by atoms with Crippen LogP contribution < -0.4 is 21.6 Å². The Bertz CT molecular complexity index is 1580. The fourth-order valence-electron chi connectivity index (χ4n) is 7.49. The first-order valence-electron chi connectivity index (χ1n) is 14.2. The lowest BCUT2D eigenvalue weighted by molar-refractivity contribution is -0.135. The molecule has 1 saturated heterocycles. The van der Waals surface area contributed by atoms with Crippen LogP contribution >= 0.6 is 0 Å². The van der Waals surface area contributed by atoms with Crippen molar-refractivity contribution in [2.24, 2.45) is 23.8 Å². The van der Waals surface area contributed by atoms with E-state index in [2.05, 4.69) is 36.7 Å². The van der Waals surface area contributed by atoms with Crippen molar-refractivity contribution in [3.63, 3.8) is 0 Å². The SMILES string of the molecule is Cn1c(=O)n(C2CCC(=O)NC2=O)c2cccc(NC(=O)c3ccc(CN[C@H]4C[C@H]5CC[C@]4(C)C5(C)C)cc3)c21. The van der Waals surface area contributed by atoms with Crippen LogP contribution in [-0.2, 0) is 23.2 Å². The molecule has 3 fully saturated rings. The maximum atomic E-state index is 13.2. The van der Waals surface area contributed by atoms with Gasteiger partial charge in [0.05, 0.1) is 16.7 Å². The average Bonchev–Trinajstić information content (AvgIpc) is 3.39. The summed E-state index contributed by atoms with van der Waals surface area (Å²) in [5, 5.41) is 9.07. The van der Waals surface area contributed by atoms with Crippen LogP contribution in [-0.4, -0.2) is 32.9 Å². The number of aryl methyl sites for hydroxylation is 1. The van der Waals surface area contributed by atoms with E-state index in [1.54, 1.807) is 25.2 Å². The van der Waals surface area contributed by atoms with Crippen molar-refractivity contribution in [1.29, 1.82) is 0 Å². The molecule has 2 heterocycles. The second kappa shape index (κ2) is 9.44. The van der Waals surface area contributed by atoms with Gasteiger partial charge in [-0.3, -0.25) is 28.8 Å². The van der Waals surface area contributed by atoms with Crippen molar-refractivity contribution >= 4 is 34.4 Å². The lowest BCUT2D eigenvalue weighted by atomic mass is 9.69. The molecule has 3 N–H and O–H groups in total. The molecule has 3 aliphatic rings. The van der Waals surface area contributed by atoms with Gasteiger partial charge in [0.2, 0.25) is 11.8 Å². The molecule has 3 amide bonds. The molecule has 6 rings (SSSR count). The summed E-state index contributed by atoms with van der Waals surface area (Å²) in [6.45, 7) is 8.03. The number of aromatic nitrogens is 2. The molecule has 0 spiro atoms. The van der Waals surface area contributed by atoms with Gasteiger partial charge in [-0.05, 0) is 72.3 Å². The van der Waals surface area contributed by atoms with Gasteiger partial charge < -0.3 is 10.6 Å². The Morgan fingerprint density at radius 2 is 1.80 bits per heavy atom. The Morgan fingerprint density at radius 1 is 1.05 bits per heavy atom. The lowest BCUT2D eigenvalue weighted by Crippen LogP contribution is -2.44. The van der Waals surface area contributed by atoms with Crippen LogP contribution in [0.25, 0.3) is 11.0 Å². The van der Waals surface area contributed by atoms with Gasteiger partial charge in [0.25, 0.3) is 5.91 Å². The summed E-state index contributed by atoms with van der Waals surface area (Å²) in [4.78, 5) is 50.5. The van der Waals surface area contributed by atoms with Crippen molar-refractivity contribution in [3.8, 4) is 0 Å². The van der Waals surface area contributed by atoms with E-state index in [9.17, 15) is 19.2 Å². The highest BCUT2D eigenvalue weighted by Gasteiger charge is 2.60. The fraction of sp³-hybridized carbons (Fsp3) is 0.484. The highest BCUT2D eigenvalue weighted by molar-refractivity contribution is 6.08. The van der Waals surface area contributed by atoms with Gasteiger partial charge in [0, 0.05) is 31.6 Å². The van der Waals surface area contributed by atoms with E-state index in [-0.39, 0.29) is 30.3 Å². The van der Waals surface area contributed by atoms with E-state index in [0.29, 0.717) is 39.2 Å². The Morgan fingerprint density at radius 3 is 2.45 bits per heavy atom. The van der Waals surface area contributed by atoms with Gasteiger partial charge in [-0.1, -0.05) is 39.0 Å². The number of imide groups is 1.